The highest BCUT2D eigenvalue weighted by Gasteiger charge is 2.17. The number of carbonyl (C=O) groups excluding carboxylic acids is 2. The minimum atomic E-state index is -0.607. The Hall–Kier alpha value is -5.17. The van der Waals surface area contributed by atoms with Gasteiger partial charge in [-0.3, -0.25) is 4.79 Å². The molecule has 7 heteroatoms. The van der Waals surface area contributed by atoms with E-state index in [9.17, 15) is 9.59 Å². The van der Waals surface area contributed by atoms with Crippen LogP contribution in [0.3, 0.4) is 0 Å². The fraction of sp³-hybridized carbons (Fsp3) is 0.121. The first-order valence-corrected chi connectivity index (χ1v) is 13.0. The Morgan fingerprint density at radius 3 is 2.20 bits per heavy atom. The van der Waals surface area contributed by atoms with Crippen LogP contribution in [0.15, 0.2) is 109 Å². The second-order valence-electron chi connectivity index (χ2n) is 8.95. The molecule has 0 unspecified atom stereocenters. The zero-order valence-corrected chi connectivity index (χ0v) is 22.0. The lowest BCUT2D eigenvalue weighted by Crippen LogP contribution is -2.21. The summed E-state index contributed by atoms with van der Waals surface area (Å²) in [6.07, 6.45) is 0. The number of para-hydroxylation sites is 1. The number of rotatable bonds is 10. The van der Waals surface area contributed by atoms with Gasteiger partial charge in [0.1, 0.15) is 18.1 Å². The summed E-state index contributed by atoms with van der Waals surface area (Å²) in [4.78, 5) is 30.3. The van der Waals surface area contributed by atoms with Gasteiger partial charge < -0.3 is 19.5 Å². The van der Waals surface area contributed by atoms with Crippen LogP contribution in [-0.2, 0) is 16.1 Å². The summed E-state index contributed by atoms with van der Waals surface area (Å²) in [6, 6.07) is 33.5. The minimum Gasteiger partial charge on any atom is -0.494 e. The van der Waals surface area contributed by atoms with Crippen LogP contribution in [0.2, 0.25) is 0 Å². The van der Waals surface area contributed by atoms with Gasteiger partial charge in [0.05, 0.1) is 23.4 Å². The predicted octanol–water partition coefficient (Wildman–Crippen LogP) is 6.68. The molecular weight excluding hydrogens is 504 g/mol. The molecular formula is C33H28N2O5. The van der Waals surface area contributed by atoms with Crippen molar-refractivity contribution < 1.29 is 23.8 Å². The van der Waals surface area contributed by atoms with Crippen LogP contribution >= 0.6 is 0 Å². The molecule has 40 heavy (non-hydrogen) atoms. The van der Waals surface area contributed by atoms with Crippen LogP contribution < -0.4 is 14.8 Å². The van der Waals surface area contributed by atoms with Gasteiger partial charge >= 0.3 is 5.97 Å². The topological polar surface area (TPSA) is 86.8 Å². The summed E-state index contributed by atoms with van der Waals surface area (Å²) in [5, 5.41) is 3.37. The standard InChI is InChI=1S/C33H28N2O5/c1-2-38-26-18-14-25(15-19-26)34-32(36)22-40-33(37)29-20-31(35-30-11-7-6-10-28(29)30)24-12-16-27(17-13-24)39-21-23-8-4-3-5-9-23/h3-20H,2,21-22H2,1H3,(H,34,36). The lowest BCUT2D eigenvalue weighted by molar-refractivity contribution is -0.119. The number of esters is 1. The average molecular weight is 533 g/mol. The van der Waals surface area contributed by atoms with E-state index >= 15 is 0 Å². The second-order valence-corrected chi connectivity index (χ2v) is 8.95. The number of fused-ring (bicyclic) bond motifs is 1. The number of pyridine rings is 1. The number of nitrogens with zero attached hydrogens (tertiary/aromatic N) is 1. The lowest BCUT2D eigenvalue weighted by Gasteiger charge is -2.11. The molecule has 1 N–H and O–H groups in total. The zero-order valence-electron chi connectivity index (χ0n) is 22.0. The van der Waals surface area contributed by atoms with E-state index in [1.807, 2.05) is 85.8 Å². The Kier molecular flexibility index (Phi) is 8.32. The molecule has 0 aliphatic heterocycles. The molecule has 0 aliphatic carbocycles. The normalized spacial score (nSPS) is 10.6. The average Bonchev–Trinajstić information content (AvgIpc) is 3.00. The van der Waals surface area contributed by atoms with Gasteiger partial charge in [-0.05, 0) is 73.2 Å². The first-order chi connectivity index (χ1) is 19.6. The molecule has 7 nitrogen and oxygen atoms in total. The van der Waals surface area contributed by atoms with Crippen molar-refractivity contribution in [1.29, 1.82) is 0 Å². The SMILES string of the molecule is CCOc1ccc(NC(=O)COC(=O)c2cc(-c3ccc(OCc4ccccc4)cc3)nc3ccccc23)cc1. The lowest BCUT2D eigenvalue weighted by atomic mass is 10.0. The number of amides is 1. The van der Waals surface area contributed by atoms with Gasteiger partial charge in [-0.25, -0.2) is 9.78 Å². The summed E-state index contributed by atoms with van der Waals surface area (Å²) in [6.45, 7) is 2.50. The Bertz CT molecular complexity index is 1600. The van der Waals surface area contributed by atoms with Crippen LogP contribution in [0.1, 0.15) is 22.8 Å². The summed E-state index contributed by atoms with van der Waals surface area (Å²) < 4.78 is 16.7. The van der Waals surface area contributed by atoms with Gasteiger partial charge in [0.15, 0.2) is 6.61 Å². The molecule has 0 fully saturated rings. The molecule has 0 saturated carbocycles. The molecule has 5 rings (SSSR count). The van der Waals surface area contributed by atoms with Crippen LogP contribution in [0.4, 0.5) is 5.69 Å². The van der Waals surface area contributed by atoms with E-state index in [-0.39, 0.29) is 0 Å². The summed E-state index contributed by atoms with van der Waals surface area (Å²) in [7, 11) is 0. The van der Waals surface area contributed by atoms with Gasteiger partial charge in [0.2, 0.25) is 0 Å². The predicted molar refractivity (Wildman–Crippen MR) is 154 cm³/mol. The Morgan fingerprint density at radius 1 is 0.775 bits per heavy atom. The fourth-order valence-electron chi connectivity index (χ4n) is 4.16. The highest BCUT2D eigenvalue weighted by atomic mass is 16.5. The van der Waals surface area contributed by atoms with E-state index in [1.54, 1.807) is 30.3 Å². The Morgan fingerprint density at radius 2 is 1.45 bits per heavy atom. The Labute approximate surface area is 232 Å². The van der Waals surface area contributed by atoms with Crippen LogP contribution in [0, 0.1) is 0 Å². The molecule has 0 aliphatic rings. The fourth-order valence-corrected chi connectivity index (χ4v) is 4.16. The molecule has 1 heterocycles. The number of anilines is 1. The van der Waals surface area contributed by atoms with Crippen molar-refractivity contribution in [3.63, 3.8) is 0 Å². The number of hydrogen-bond acceptors (Lipinski definition) is 6. The van der Waals surface area contributed by atoms with Gasteiger partial charge in [0, 0.05) is 16.6 Å². The smallest absolute Gasteiger partial charge is 0.339 e. The number of ether oxygens (including phenoxy) is 3. The first-order valence-electron chi connectivity index (χ1n) is 13.0. The van der Waals surface area contributed by atoms with Gasteiger partial charge in [0.25, 0.3) is 5.91 Å². The number of benzene rings is 4. The van der Waals surface area contributed by atoms with E-state index in [2.05, 4.69) is 5.32 Å². The van der Waals surface area contributed by atoms with Crippen LogP contribution in [0.5, 0.6) is 11.5 Å². The maximum absolute atomic E-state index is 13.1. The molecule has 0 bridgehead atoms. The molecule has 0 spiro atoms. The van der Waals surface area contributed by atoms with E-state index in [4.69, 9.17) is 19.2 Å². The Balaban J connectivity index is 1.28. The van der Waals surface area contributed by atoms with Crippen molar-refractivity contribution in [1.82, 2.24) is 4.98 Å². The minimum absolute atomic E-state index is 0.332. The molecule has 4 aromatic carbocycles. The molecule has 0 saturated heterocycles. The maximum Gasteiger partial charge on any atom is 0.339 e. The van der Waals surface area contributed by atoms with Crippen molar-refractivity contribution in [2.24, 2.45) is 0 Å². The third kappa shape index (κ3) is 6.63. The van der Waals surface area contributed by atoms with Gasteiger partial charge in [-0.15, -0.1) is 0 Å². The number of nitrogens with one attached hydrogen (secondary N) is 1. The van der Waals surface area contributed by atoms with Crippen molar-refractivity contribution in [3.8, 4) is 22.8 Å². The highest BCUT2D eigenvalue weighted by molar-refractivity contribution is 6.05. The molecule has 0 atom stereocenters. The third-order valence-corrected chi connectivity index (χ3v) is 6.12. The number of hydrogen-bond donors (Lipinski definition) is 1. The summed E-state index contributed by atoms with van der Waals surface area (Å²) in [5.41, 5.74) is 4.07. The van der Waals surface area contributed by atoms with E-state index in [1.165, 1.54) is 0 Å². The number of aromatic nitrogens is 1. The molecule has 0 radical (unpaired) electrons. The van der Waals surface area contributed by atoms with Gasteiger partial charge in [-0.1, -0.05) is 48.5 Å². The third-order valence-electron chi connectivity index (χ3n) is 6.12. The summed E-state index contributed by atoms with van der Waals surface area (Å²) >= 11 is 0. The van der Waals surface area contributed by atoms with E-state index in [0.29, 0.717) is 46.8 Å². The van der Waals surface area contributed by atoms with Crippen molar-refractivity contribution in [2.75, 3.05) is 18.5 Å². The van der Waals surface area contributed by atoms with Crippen molar-refractivity contribution in [2.45, 2.75) is 13.5 Å². The van der Waals surface area contributed by atoms with E-state index < -0.39 is 18.5 Å². The van der Waals surface area contributed by atoms with Gasteiger partial charge in [-0.2, -0.15) is 0 Å². The van der Waals surface area contributed by atoms with Crippen LogP contribution in [-0.4, -0.2) is 30.1 Å². The molecule has 1 aromatic heterocycles. The molecule has 5 aromatic rings. The van der Waals surface area contributed by atoms with E-state index in [0.717, 1.165) is 16.9 Å². The van der Waals surface area contributed by atoms with Crippen molar-refractivity contribution in [3.05, 3.63) is 120 Å². The highest BCUT2D eigenvalue weighted by Crippen LogP contribution is 2.27. The van der Waals surface area contributed by atoms with Crippen molar-refractivity contribution >= 4 is 28.5 Å². The molecule has 200 valence electrons. The first kappa shape index (κ1) is 26.4. The maximum atomic E-state index is 13.1. The monoisotopic (exact) mass is 532 g/mol. The second kappa shape index (κ2) is 12.6. The quantitative estimate of drug-likeness (QED) is 0.202. The summed E-state index contributed by atoms with van der Waals surface area (Å²) in [5.74, 6) is 0.389. The largest absolute Gasteiger partial charge is 0.494 e. The molecule has 1 amide bonds. The zero-order chi connectivity index (χ0) is 27.7. The van der Waals surface area contributed by atoms with Crippen LogP contribution in [0.25, 0.3) is 22.2 Å². The number of carbonyl (C=O) groups is 2.